The molecule has 0 spiro atoms. The molecule has 6 nitrogen and oxygen atoms in total. The molecule has 2 aromatic rings. The van der Waals surface area contributed by atoms with Gasteiger partial charge in [-0.15, -0.1) is 0 Å². The predicted octanol–water partition coefficient (Wildman–Crippen LogP) is 5.35. The zero-order valence-corrected chi connectivity index (χ0v) is 20.3. The Morgan fingerprint density at radius 3 is 2.25 bits per heavy atom. The van der Waals surface area contributed by atoms with Crippen molar-refractivity contribution in [1.82, 2.24) is 5.32 Å². The summed E-state index contributed by atoms with van der Waals surface area (Å²) in [6, 6.07) is 13.3. The third kappa shape index (κ3) is 7.96. The van der Waals surface area contributed by atoms with Crippen molar-refractivity contribution in [1.29, 1.82) is 0 Å². The van der Waals surface area contributed by atoms with E-state index < -0.39 is 5.41 Å². The topological polar surface area (TPSA) is 79.5 Å². The average molecular weight is 456 g/mol. The number of aryl methyl sites for hydroxylation is 2. The highest BCUT2D eigenvalue weighted by Crippen LogP contribution is 2.24. The van der Waals surface area contributed by atoms with E-state index in [1.165, 1.54) is 0 Å². The highest BCUT2D eigenvalue weighted by molar-refractivity contribution is 7.80. The van der Waals surface area contributed by atoms with Crippen molar-refractivity contribution in [2.24, 2.45) is 5.41 Å². The molecule has 172 valence electrons. The minimum atomic E-state index is -0.592. The van der Waals surface area contributed by atoms with Crippen LogP contribution in [0.1, 0.15) is 51.2 Å². The van der Waals surface area contributed by atoms with Crippen molar-refractivity contribution in [3.8, 4) is 5.75 Å². The molecule has 0 aliphatic rings. The second-order valence-electron chi connectivity index (χ2n) is 8.49. The number of benzene rings is 2. The lowest BCUT2D eigenvalue weighted by Crippen LogP contribution is -2.42. The lowest BCUT2D eigenvalue weighted by atomic mass is 9.87. The van der Waals surface area contributed by atoms with Crippen LogP contribution < -0.4 is 20.7 Å². The largest absolute Gasteiger partial charge is 0.493 e. The van der Waals surface area contributed by atoms with Gasteiger partial charge in [0, 0.05) is 23.2 Å². The Morgan fingerprint density at radius 1 is 1.00 bits per heavy atom. The Labute approximate surface area is 196 Å². The number of anilines is 2. The minimum absolute atomic E-state index is 0.0462. The maximum absolute atomic E-state index is 12.7. The first-order valence-electron chi connectivity index (χ1n) is 10.8. The molecule has 2 rings (SSSR count). The van der Waals surface area contributed by atoms with Gasteiger partial charge in [0.1, 0.15) is 5.75 Å². The summed E-state index contributed by atoms with van der Waals surface area (Å²) in [7, 11) is 0. The summed E-state index contributed by atoms with van der Waals surface area (Å²) < 4.78 is 5.90. The van der Waals surface area contributed by atoms with E-state index in [0.717, 1.165) is 29.0 Å². The molecule has 0 aliphatic carbocycles. The summed E-state index contributed by atoms with van der Waals surface area (Å²) in [4.78, 5) is 24.2. The number of ether oxygens (including phenoxy) is 1. The van der Waals surface area contributed by atoms with E-state index in [1.807, 2.05) is 39.8 Å². The summed E-state index contributed by atoms with van der Waals surface area (Å²) >= 11 is 5.29. The van der Waals surface area contributed by atoms with Gasteiger partial charge in [0.15, 0.2) is 5.11 Å². The van der Waals surface area contributed by atoms with E-state index in [0.29, 0.717) is 25.1 Å². The molecule has 0 aromatic heterocycles. The molecule has 2 amide bonds. The molecule has 0 saturated heterocycles. The van der Waals surface area contributed by atoms with Gasteiger partial charge < -0.3 is 20.7 Å². The van der Waals surface area contributed by atoms with E-state index in [4.69, 9.17) is 17.0 Å². The third-order valence-corrected chi connectivity index (χ3v) is 5.34. The molecule has 2 aromatic carbocycles. The number of carbonyl (C=O) groups excluding carboxylic acids is 2. The summed E-state index contributed by atoms with van der Waals surface area (Å²) in [5, 5.41) is 8.79. The molecular weight excluding hydrogens is 422 g/mol. The van der Waals surface area contributed by atoms with Gasteiger partial charge in [0.2, 0.25) is 11.8 Å². The van der Waals surface area contributed by atoms with E-state index in [2.05, 4.69) is 22.0 Å². The number of thiocarbonyl (C=S) groups is 1. The maximum Gasteiger partial charge on any atom is 0.231 e. The number of hydrogen-bond donors (Lipinski definition) is 3. The van der Waals surface area contributed by atoms with Crippen molar-refractivity contribution in [2.45, 2.75) is 53.9 Å². The molecule has 0 atom stereocenters. The van der Waals surface area contributed by atoms with Crippen LogP contribution in [-0.4, -0.2) is 23.5 Å². The number of carbonyl (C=O) groups is 2. The average Bonchev–Trinajstić information content (AvgIpc) is 2.74. The molecule has 3 N–H and O–H groups in total. The first-order chi connectivity index (χ1) is 15.1. The zero-order valence-electron chi connectivity index (χ0n) is 19.5. The molecule has 0 radical (unpaired) electrons. The fourth-order valence-corrected chi connectivity index (χ4v) is 3.20. The van der Waals surface area contributed by atoms with E-state index >= 15 is 0 Å². The standard InChI is InChI=1S/C25H33N3O3S/c1-6-22(29)26-19-10-12-20(13-11-19)27-24(32)28-23(30)25(4,5)14-7-15-31-21-16-17(2)8-9-18(21)3/h8-13,16H,6-7,14-15H2,1-5H3,(H,26,29)(H2,27,28,30,32). The maximum atomic E-state index is 12.7. The zero-order chi connectivity index (χ0) is 23.7. The Balaban J connectivity index is 1.79. The fraction of sp³-hybridized carbons (Fsp3) is 0.400. The molecule has 0 saturated carbocycles. The number of rotatable bonds is 9. The summed E-state index contributed by atoms with van der Waals surface area (Å²) in [5.41, 5.74) is 3.10. The third-order valence-electron chi connectivity index (χ3n) is 5.14. The van der Waals surface area contributed by atoms with Crippen LogP contribution in [0.25, 0.3) is 0 Å². The van der Waals surface area contributed by atoms with Crippen LogP contribution in [0.5, 0.6) is 5.75 Å². The SMILES string of the molecule is CCC(=O)Nc1ccc(NC(=S)NC(=O)C(C)(C)CCCOc2cc(C)ccc2C)cc1. The first-order valence-corrected chi connectivity index (χ1v) is 11.2. The highest BCUT2D eigenvalue weighted by atomic mass is 32.1. The van der Waals surface area contributed by atoms with Gasteiger partial charge in [-0.3, -0.25) is 9.59 Å². The first kappa shape index (κ1) is 25.3. The summed E-state index contributed by atoms with van der Waals surface area (Å²) in [6.07, 6.45) is 1.83. The number of hydrogen-bond acceptors (Lipinski definition) is 4. The molecule has 0 fully saturated rings. The molecule has 0 aliphatic heterocycles. The summed E-state index contributed by atoms with van der Waals surface area (Å²) in [5.74, 6) is 0.696. The second kappa shape index (κ2) is 11.6. The van der Waals surface area contributed by atoms with Gasteiger partial charge in [0.05, 0.1) is 6.61 Å². The predicted molar refractivity (Wildman–Crippen MR) is 134 cm³/mol. The number of amides is 2. The van der Waals surface area contributed by atoms with Gasteiger partial charge in [-0.05, 0) is 80.4 Å². The van der Waals surface area contributed by atoms with Gasteiger partial charge in [0.25, 0.3) is 0 Å². The van der Waals surface area contributed by atoms with Crippen LogP contribution in [0, 0.1) is 19.3 Å². The molecule has 32 heavy (non-hydrogen) atoms. The monoisotopic (exact) mass is 455 g/mol. The van der Waals surface area contributed by atoms with E-state index in [1.54, 1.807) is 31.2 Å². The molecule has 7 heteroatoms. The Bertz CT molecular complexity index is 955. The highest BCUT2D eigenvalue weighted by Gasteiger charge is 2.27. The summed E-state index contributed by atoms with van der Waals surface area (Å²) in [6.45, 7) is 10.2. The van der Waals surface area contributed by atoms with Crippen LogP contribution in [0.4, 0.5) is 11.4 Å². The second-order valence-corrected chi connectivity index (χ2v) is 8.90. The van der Waals surface area contributed by atoms with Crippen LogP contribution in [0.2, 0.25) is 0 Å². The van der Waals surface area contributed by atoms with Crippen LogP contribution in [0.3, 0.4) is 0 Å². The van der Waals surface area contributed by atoms with Gasteiger partial charge in [-0.25, -0.2) is 0 Å². The van der Waals surface area contributed by atoms with Crippen LogP contribution >= 0.6 is 12.2 Å². The van der Waals surface area contributed by atoms with Gasteiger partial charge >= 0.3 is 0 Å². The smallest absolute Gasteiger partial charge is 0.231 e. The van der Waals surface area contributed by atoms with Gasteiger partial charge in [-0.2, -0.15) is 0 Å². The molecule has 0 bridgehead atoms. The lowest BCUT2D eigenvalue weighted by Gasteiger charge is -2.24. The van der Waals surface area contributed by atoms with E-state index in [-0.39, 0.29) is 16.9 Å². The van der Waals surface area contributed by atoms with Crippen LogP contribution in [0.15, 0.2) is 42.5 Å². The Morgan fingerprint density at radius 2 is 1.62 bits per heavy atom. The quantitative estimate of drug-likeness (QED) is 0.351. The molecular formula is C25H33N3O3S. The van der Waals surface area contributed by atoms with Crippen molar-refractivity contribution < 1.29 is 14.3 Å². The Kier molecular flexibility index (Phi) is 9.20. The number of nitrogens with one attached hydrogen (secondary N) is 3. The molecule has 0 heterocycles. The normalized spacial score (nSPS) is 10.9. The van der Waals surface area contributed by atoms with Crippen LogP contribution in [-0.2, 0) is 9.59 Å². The minimum Gasteiger partial charge on any atom is -0.493 e. The lowest BCUT2D eigenvalue weighted by molar-refractivity contribution is -0.128. The van der Waals surface area contributed by atoms with E-state index in [9.17, 15) is 9.59 Å². The van der Waals surface area contributed by atoms with Crippen molar-refractivity contribution in [3.05, 3.63) is 53.6 Å². The Hall–Kier alpha value is -2.93. The van der Waals surface area contributed by atoms with Gasteiger partial charge in [-0.1, -0.05) is 32.9 Å². The van der Waals surface area contributed by atoms with Crippen molar-refractivity contribution in [2.75, 3.05) is 17.2 Å². The van der Waals surface area contributed by atoms with Crippen molar-refractivity contribution >= 4 is 40.5 Å². The fourth-order valence-electron chi connectivity index (χ4n) is 2.99. The molecule has 0 unspecified atom stereocenters. The van der Waals surface area contributed by atoms with Crippen molar-refractivity contribution in [3.63, 3.8) is 0 Å².